The number of carbonyl (C=O) groups is 1. The van der Waals surface area contributed by atoms with Crippen LogP contribution >= 0.6 is 0 Å². The molecular formula is C16H26O3. The van der Waals surface area contributed by atoms with Gasteiger partial charge >= 0.3 is 0 Å². The predicted octanol–water partition coefficient (Wildman–Crippen LogP) is 3.79. The van der Waals surface area contributed by atoms with Gasteiger partial charge < -0.3 is 9.47 Å². The Morgan fingerprint density at radius 2 is 1.95 bits per heavy atom. The quantitative estimate of drug-likeness (QED) is 0.290. The first-order chi connectivity index (χ1) is 9.09. The minimum absolute atomic E-state index is 0.00590. The van der Waals surface area contributed by atoms with E-state index in [1.54, 1.807) is 6.08 Å². The molecule has 108 valence electrons. The summed E-state index contributed by atoms with van der Waals surface area (Å²) in [5.41, 5.74) is 0. The van der Waals surface area contributed by atoms with Crippen molar-refractivity contribution >= 4 is 6.29 Å². The van der Waals surface area contributed by atoms with Gasteiger partial charge in [0.2, 0.25) is 0 Å². The van der Waals surface area contributed by atoms with E-state index >= 15 is 0 Å². The molecule has 1 saturated heterocycles. The molecule has 1 fully saturated rings. The third-order valence-corrected chi connectivity index (χ3v) is 3.11. The van der Waals surface area contributed by atoms with Gasteiger partial charge in [0.05, 0.1) is 6.10 Å². The molecular weight excluding hydrogens is 240 g/mol. The number of allylic oxidation sites excluding steroid dienone is 2. The number of rotatable bonds is 8. The van der Waals surface area contributed by atoms with Crippen molar-refractivity contribution in [3.05, 3.63) is 24.3 Å². The Morgan fingerprint density at radius 1 is 1.16 bits per heavy atom. The minimum atomic E-state index is -0.571. The summed E-state index contributed by atoms with van der Waals surface area (Å²) in [4.78, 5) is 10.4. The van der Waals surface area contributed by atoms with Gasteiger partial charge in [-0.15, -0.1) is 0 Å². The molecule has 0 radical (unpaired) electrons. The van der Waals surface area contributed by atoms with Crippen molar-refractivity contribution in [2.75, 3.05) is 0 Å². The number of hydrogen-bond donors (Lipinski definition) is 0. The first-order valence-electron chi connectivity index (χ1n) is 7.21. The molecule has 1 aliphatic rings. The van der Waals surface area contributed by atoms with Gasteiger partial charge in [0.25, 0.3) is 0 Å². The van der Waals surface area contributed by atoms with E-state index in [0.717, 1.165) is 19.1 Å². The van der Waals surface area contributed by atoms with Crippen LogP contribution in [-0.2, 0) is 14.3 Å². The first-order valence-corrected chi connectivity index (χ1v) is 7.21. The second-order valence-corrected chi connectivity index (χ2v) is 5.36. The zero-order valence-electron chi connectivity index (χ0n) is 12.3. The first kappa shape index (κ1) is 16.1. The maximum atomic E-state index is 10.4. The van der Waals surface area contributed by atoms with E-state index in [2.05, 4.69) is 19.1 Å². The van der Waals surface area contributed by atoms with Gasteiger partial charge in [-0.3, -0.25) is 4.79 Å². The summed E-state index contributed by atoms with van der Waals surface area (Å²) >= 11 is 0. The van der Waals surface area contributed by atoms with E-state index in [9.17, 15) is 4.79 Å². The Labute approximate surface area is 116 Å². The molecule has 2 atom stereocenters. The Bertz CT molecular complexity index is 318. The van der Waals surface area contributed by atoms with Gasteiger partial charge in [-0.1, -0.05) is 31.9 Å². The Hall–Kier alpha value is -0.930. The predicted molar refractivity (Wildman–Crippen MR) is 76.9 cm³/mol. The van der Waals surface area contributed by atoms with Crippen molar-refractivity contribution < 1.29 is 14.3 Å². The van der Waals surface area contributed by atoms with Crippen LogP contribution in [0.1, 0.15) is 52.9 Å². The van der Waals surface area contributed by atoms with Crippen LogP contribution in [0.3, 0.4) is 0 Å². The molecule has 0 bridgehead atoms. The summed E-state index contributed by atoms with van der Waals surface area (Å²) in [5, 5.41) is 0. The summed E-state index contributed by atoms with van der Waals surface area (Å²) in [6.45, 7) is 6.01. The SMILES string of the molecule is CCCCC/C=C\C[C@H]1OC(C)(C)O[C@H]1/C=C/C=O. The zero-order valence-corrected chi connectivity index (χ0v) is 12.3. The van der Waals surface area contributed by atoms with Gasteiger partial charge in [0.1, 0.15) is 12.4 Å². The van der Waals surface area contributed by atoms with Crippen LogP contribution in [0.2, 0.25) is 0 Å². The van der Waals surface area contributed by atoms with Gasteiger partial charge in [-0.25, -0.2) is 0 Å². The molecule has 0 aromatic rings. The largest absolute Gasteiger partial charge is 0.344 e. The fourth-order valence-corrected chi connectivity index (χ4v) is 2.22. The summed E-state index contributed by atoms with van der Waals surface area (Å²) < 4.78 is 11.6. The fourth-order valence-electron chi connectivity index (χ4n) is 2.22. The lowest BCUT2D eigenvalue weighted by Gasteiger charge is -2.16. The molecule has 0 amide bonds. The Balaban J connectivity index is 2.41. The Kier molecular flexibility index (Phi) is 7.03. The summed E-state index contributed by atoms with van der Waals surface area (Å²) in [5.74, 6) is -0.571. The van der Waals surface area contributed by atoms with Crippen molar-refractivity contribution in [3.8, 4) is 0 Å². The van der Waals surface area contributed by atoms with Crippen LogP contribution in [-0.4, -0.2) is 24.3 Å². The second-order valence-electron chi connectivity index (χ2n) is 5.36. The van der Waals surface area contributed by atoms with Gasteiger partial charge in [0.15, 0.2) is 5.79 Å². The lowest BCUT2D eigenvalue weighted by Crippen LogP contribution is -2.21. The highest BCUT2D eigenvalue weighted by atomic mass is 16.7. The fraction of sp³-hybridized carbons (Fsp3) is 0.688. The standard InChI is InChI=1S/C16H26O3/c1-4-5-6-7-8-9-11-14-15(12-10-13-17)19-16(2,3)18-14/h8-10,12-15H,4-7,11H2,1-3H3/b9-8-,12-10+/t14-,15+/m1/s1. The van der Waals surface area contributed by atoms with E-state index in [0.29, 0.717) is 0 Å². The molecule has 0 aromatic heterocycles. The van der Waals surface area contributed by atoms with E-state index in [1.165, 1.54) is 25.3 Å². The number of ether oxygens (including phenoxy) is 2. The minimum Gasteiger partial charge on any atom is -0.344 e. The average Bonchev–Trinajstić information content (AvgIpc) is 2.66. The molecule has 1 aliphatic heterocycles. The second kappa shape index (κ2) is 8.28. The number of carbonyl (C=O) groups excluding carboxylic acids is 1. The zero-order chi connectivity index (χ0) is 14.1. The lowest BCUT2D eigenvalue weighted by molar-refractivity contribution is -0.142. The summed E-state index contributed by atoms with van der Waals surface area (Å²) in [6.07, 6.45) is 14.0. The molecule has 0 saturated carbocycles. The molecule has 0 aliphatic carbocycles. The topological polar surface area (TPSA) is 35.5 Å². The van der Waals surface area contributed by atoms with Crippen molar-refractivity contribution in [2.45, 2.75) is 70.9 Å². The highest BCUT2D eigenvalue weighted by Gasteiger charge is 2.38. The van der Waals surface area contributed by atoms with Crippen molar-refractivity contribution in [1.29, 1.82) is 0 Å². The Morgan fingerprint density at radius 3 is 2.63 bits per heavy atom. The highest BCUT2D eigenvalue weighted by molar-refractivity contribution is 5.64. The van der Waals surface area contributed by atoms with Crippen LogP contribution in [0, 0.1) is 0 Å². The molecule has 3 nitrogen and oxygen atoms in total. The maximum Gasteiger partial charge on any atom is 0.164 e. The van der Waals surface area contributed by atoms with Crippen LogP contribution in [0.15, 0.2) is 24.3 Å². The lowest BCUT2D eigenvalue weighted by atomic mass is 10.1. The molecule has 0 aromatic carbocycles. The number of unbranched alkanes of at least 4 members (excludes halogenated alkanes) is 3. The molecule has 1 heterocycles. The van der Waals surface area contributed by atoms with E-state index in [-0.39, 0.29) is 12.2 Å². The number of aldehydes is 1. The molecule has 1 rings (SSSR count). The van der Waals surface area contributed by atoms with E-state index < -0.39 is 5.79 Å². The maximum absolute atomic E-state index is 10.4. The van der Waals surface area contributed by atoms with Crippen molar-refractivity contribution in [2.24, 2.45) is 0 Å². The van der Waals surface area contributed by atoms with E-state index in [1.807, 2.05) is 13.8 Å². The van der Waals surface area contributed by atoms with Gasteiger partial charge in [-0.2, -0.15) is 0 Å². The molecule has 3 heteroatoms. The highest BCUT2D eigenvalue weighted by Crippen LogP contribution is 2.30. The normalized spacial score (nSPS) is 26.5. The summed E-state index contributed by atoms with van der Waals surface area (Å²) in [6, 6.07) is 0. The van der Waals surface area contributed by atoms with E-state index in [4.69, 9.17) is 9.47 Å². The molecule has 0 spiro atoms. The number of hydrogen-bond acceptors (Lipinski definition) is 3. The van der Waals surface area contributed by atoms with Gasteiger partial charge in [0, 0.05) is 0 Å². The van der Waals surface area contributed by atoms with Crippen molar-refractivity contribution in [1.82, 2.24) is 0 Å². The third-order valence-electron chi connectivity index (χ3n) is 3.11. The van der Waals surface area contributed by atoms with Crippen LogP contribution in [0.4, 0.5) is 0 Å². The average molecular weight is 266 g/mol. The molecule has 19 heavy (non-hydrogen) atoms. The van der Waals surface area contributed by atoms with Crippen LogP contribution in [0.5, 0.6) is 0 Å². The summed E-state index contributed by atoms with van der Waals surface area (Å²) in [7, 11) is 0. The molecule has 0 N–H and O–H groups in total. The van der Waals surface area contributed by atoms with Crippen molar-refractivity contribution in [3.63, 3.8) is 0 Å². The van der Waals surface area contributed by atoms with Crippen LogP contribution in [0.25, 0.3) is 0 Å². The third kappa shape index (κ3) is 6.17. The van der Waals surface area contributed by atoms with Gasteiger partial charge in [-0.05, 0) is 45.3 Å². The van der Waals surface area contributed by atoms with Crippen LogP contribution < -0.4 is 0 Å². The molecule has 0 unspecified atom stereocenters. The monoisotopic (exact) mass is 266 g/mol. The smallest absolute Gasteiger partial charge is 0.164 e.